The Morgan fingerprint density at radius 2 is 1.82 bits per heavy atom. The SMILES string of the molecule is COc1cccc(/C=N\NC(=O)c2cccc([N+](=O)[O-])c2)c1OCc1ccc(C(=O)O)cc1. The van der Waals surface area contributed by atoms with Crippen LogP contribution in [-0.2, 0) is 6.61 Å². The molecule has 0 aliphatic rings. The second kappa shape index (κ2) is 10.5. The van der Waals surface area contributed by atoms with Crippen LogP contribution in [0.15, 0.2) is 71.8 Å². The molecular weight excluding hydrogens is 430 g/mol. The number of hydrogen-bond acceptors (Lipinski definition) is 7. The van der Waals surface area contributed by atoms with E-state index in [0.717, 1.165) is 11.6 Å². The van der Waals surface area contributed by atoms with Crippen molar-refractivity contribution in [3.8, 4) is 11.5 Å². The molecule has 3 rings (SSSR count). The highest BCUT2D eigenvalue weighted by atomic mass is 16.6. The van der Waals surface area contributed by atoms with E-state index in [2.05, 4.69) is 10.5 Å². The van der Waals surface area contributed by atoms with Gasteiger partial charge < -0.3 is 14.6 Å². The van der Waals surface area contributed by atoms with Gasteiger partial charge in [0.25, 0.3) is 11.6 Å². The lowest BCUT2D eigenvalue weighted by Crippen LogP contribution is -2.17. The van der Waals surface area contributed by atoms with Gasteiger partial charge in [-0.1, -0.05) is 24.3 Å². The molecule has 0 atom stereocenters. The number of nitrogens with one attached hydrogen (secondary N) is 1. The number of nitrogens with zero attached hydrogens (tertiary/aromatic N) is 2. The molecular formula is C23H19N3O7. The van der Waals surface area contributed by atoms with E-state index in [-0.39, 0.29) is 23.4 Å². The molecule has 0 saturated carbocycles. The number of benzene rings is 3. The molecule has 0 heterocycles. The Hall–Kier alpha value is -4.73. The van der Waals surface area contributed by atoms with Crippen LogP contribution >= 0.6 is 0 Å². The zero-order chi connectivity index (χ0) is 23.8. The molecule has 0 aromatic heterocycles. The molecule has 0 aliphatic carbocycles. The lowest BCUT2D eigenvalue weighted by atomic mass is 10.1. The minimum Gasteiger partial charge on any atom is -0.493 e. The second-order valence-corrected chi connectivity index (χ2v) is 6.68. The molecule has 0 saturated heterocycles. The van der Waals surface area contributed by atoms with Crippen LogP contribution in [0.25, 0.3) is 0 Å². The number of rotatable bonds is 9. The summed E-state index contributed by atoms with van der Waals surface area (Å²) in [6, 6.07) is 16.7. The maximum Gasteiger partial charge on any atom is 0.335 e. The van der Waals surface area contributed by atoms with Gasteiger partial charge in [-0.05, 0) is 35.9 Å². The fraction of sp³-hybridized carbons (Fsp3) is 0.0870. The molecule has 10 heteroatoms. The van der Waals surface area contributed by atoms with E-state index in [9.17, 15) is 19.7 Å². The van der Waals surface area contributed by atoms with Crippen molar-refractivity contribution in [1.29, 1.82) is 0 Å². The van der Waals surface area contributed by atoms with Crippen molar-refractivity contribution in [2.45, 2.75) is 6.61 Å². The van der Waals surface area contributed by atoms with Crippen molar-refractivity contribution in [1.82, 2.24) is 5.43 Å². The zero-order valence-corrected chi connectivity index (χ0v) is 17.4. The van der Waals surface area contributed by atoms with Gasteiger partial charge in [-0.2, -0.15) is 5.10 Å². The highest BCUT2D eigenvalue weighted by Gasteiger charge is 2.12. The average molecular weight is 449 g/mol. The summed E-state index contributed by atoms with van der Waals surface area (Å²) in [6.07, 6.45) is 1.36. The minimum atomic E-state index is -1.02. The van der Waals surface area contributed by atoms with Crippen LogP contribution in [0.4, 0.5) is 5.69 Å². The molecule has 3 aromatic carbocycles. The van der Waals surface area contributed by atoms with E-state index in [1.54, 1.807) is 30.3 Å². The Labute approximate surface area is 188 Å². The number of non-ortho nitro benzene ring substituents is 1. The number of carbonyl (C=O) groups excluding carboxylic acids is 1. The Kier molecular flexibility index (Phi) is 7.32. The number of aromatic carboxylic acids is 1. The largest absolute Gasteiger partial charge is 0.493 e. The summed E-state index contributed by atoms with van der Waals surface area (Å²) in [5.74, 6) is -0.821. The lowest BCUT2D eigenvalue weighted by Gasteiger charge is -2.13. The van der Waals surface area contributed by atoms with E-state index in [1.807, 2.05) is 0 Å². The Morgan fingerprint density at radius 1 is 1.09 bits per heavy atom. The number of methoxy groups -OCH3 is 1. The monoisotopic (exact) mass is 449 g/mol. The summed E-state index contributed by atoms with van der Waals surface area (Å²) in [4.78, 5) is 33.5. The first kappa shape index (κ1) is 22.9. The number of carboxylic acid groups (broad SMARTS) is 1. The second-order valence-electron chi connectivity index (χ2n) is 6.68. The summed E-state index contributed by atoms with van der Waals surface area (Å²) >= 11 is 0. The number of hydrazone groups is 1. The maximum atomic E-state index is 12.3. The summed E-state index contributed by atoms with van der Waals surface area (Å²) in [7, 11) is 1.48. The summed E-state index contributed by atoms with van der Waals surface area (Å²) in [5.41, 5.74) is 3.64. The first-order valence-electron chi connectivity index (χ1n) is 9.59. The van der Waals surface area contributed by atoms with E-state index in [1.165, 1.54) is 43.7 Å². The zero-order valence-electron chi connectivity index (χ0n) is 17.4. The molecule has 0 radical (unpaired) electrons. The lowest BCUT2D eigenvalue weighted by molar-refractivity contribution is -0.384. The molecule has 168 valence electrons. The van der Waals surface area contributed by atoms with E-state index >= 15 is 0 Å². The molecule has 0 aliphatic heterocycles. The van der Waals surface area contributed by atoms with Gasteiger partial charge in [0.15, 0.2) is 11.5 Å². The number of hydrogen-bond donors (Lipinski definition) is 2. The van der Waals surface area contributed by atoms with Crippen LogP contribution < -0.4 is 14.9 Å². The summed E-state index contributed by atoms with van der Waals surface area (Å²) in [6.45, 7) is 0.140. The number of nitro groups is 1. The van der Waals surface area contributed by atoms with Crippen LogP contribution in [0.3, 0.4) is 0 Å². The first-order valence-corrected chi connectivity index (χ1v) is 9.59. The third-order valence-corrected chi connectivity index (χ3v) is 4.50. The standard InChI is InChI=1S/C23H19N3O7/c1-32-20-7-3-5-18(21(20)33-14-15-8-10-16(11-9-15)23(28)29)13-24-25-22(27)17-4-2-6-19(12-17)26(30)31/h2-13H,14H2,1H3,(H,25,27)(H,28,29)/b24-13-. The van der Waals surface area contributed by atoms with Crippen molar-refractivity contribution in [2.24, 2.45) is 5.10 Å². The number of nitro benzene ring substituents is 1. The van der Waals surface area contributed by atoms with Gasteiger partial charge in [0.1, 0.15) is 6.61 Å². The van der Waals surface area contributed by atoms with E-state index in [4.69, 9.17) is 14.6 Å². The van der Waals surface area contributed by atoms with Crippen LogP contribution in [0.2, 0.25) is 0 Å². The molecule has 10 nitrogen and oxygen atoms in total. The number of para-hydroxylation sites is 1. The Balaban J connectivity index is 1.73. The van der Waals surface area contributed by atoms with Crippen molar-refractivity contribution in [2.75, 3.05) is 7.11 Å². The van der Waals surface area contributed by atoms with Gasteiger partial charge in [-0.3, -0.25) is 14.9 Å². The molecule has 0 spiro atoms. The predicted octanol–water partition coefficient (Wildman–Crippen LogP) is 3.64. The highest BCUT2D eigenvalue weighted by Crippen LogP contribution is 2.31. The van der Waals surface area contributed by atoms with Crippen LogP contribution in [0.5, 0.6) is 11.5 Å². The predicted molar refractivity (Wildman–Crippen MR) is 119 cm³/mol. The van der Waals surface area contributed by atoms with Crippen molar-refractivity contribution < 1.29 is 29.1 Å². The molecule has 0 bridgehead atoms. The van der Waals surface area contributed by atoms with Gasteiger partial charge >= 0.3 is 5.97 Å². The molecule has 0 fully saturated rings. The van der Waals surface area contributed by atoms with Crippen molar-refractivity contribution in [3.05, 3.63) is 99.1 Å². The Bertz CT molecular complexity index is 1210. The summed E-state index contributed by atoms with van der Waals surface area (Å²) < 4.78 is 11.2. The number of carbonyl (C=O) groups is 2. The number of ether oxygens (including phenoxy) is 2. The normalized spacial score (nSPS) is 10.6. The highest BCUT2D eigenvalue weighted by molar-refractivity contribution is 5.95. The van der Waals surface area contributed by atoms with Crippen LogP contribution in [0.1, 0.15) is 31.8 Å². The number of amides is 1. The summed E-state index contributed by atoms with van der Waals surface area (Å²) in [5, 5.41) is 23.8. The third kappa shape index (κ3) is 5.91. The quantitative estimate of drug-likeness (QED) is 0.289. The topological polar surface area (TPSA) is 140 Å². The van der Waals surface area contributed by atoms with Crippen molar-refractivity contribution >= 4 is 23.8 Å². The minimum absolute atomic E-state index is 0.0910. The van der Waals surface area contributed by atoms with Gasteiger partial charge in [0, 0.05) is 23.3 Å². The number of carboxylic acids is 1. The molecule has 3 aromatic rings. The molecule has 33 heavy (non-hydrogen) atoms. The molecule has 1 amide bonds. The van der Waals surface area contributed by atoms with Crippen LogP contribution in [0, 0.1) is 10.1 Å². The van der Waals surface area contributed by atoms with Crippen molar-refractivity contribution in [3.63, 3.8) is 0 Å². The maximum absolute atomic E-state index is 12.3. The fourth-order valence-electron chi connectivity index (χ4n) is 2.83. The van der Waals surface area contributed by atoms with Gasteiger partial charge in [-0.25, -0.2) is 10.2 Å². The molecule has 2 N–H and O–H groups in total. The smallest absolute Gasteiger partial charge is 0.335 e. The Morgan fingerprint density at radius 3 is 2.48 bits per heavy atom. The van der Waals surface area contributed by atoms with E-state index in [0.29, 0.717) is 17.1 Å². The van der Waals surface area contributed by atoms with Crippen LogP contribution in [-0.4, -0.2) is 35.2 Å². The van der Waals surface area contributed by atoms with Gasteiger partial charge in [-0.15, -0.1) is 0 Å². The average Bonchev–Trinajstić information content (AvgIpc) is 2.83. The first-order chi connectivity index (χ1) is 15.9. The van der Waals surface area contributed by atoms with E-state index < -0.39 is 16.8 Å². The van der Waals surface area contributed by atoms with Gasteiger partial charge in [0.2, 0.25) is 0 Å². The van der Waals surface area contributed by atoms with Gasteiger partial charge in [0.05, 0.1) is 23.8 Å². The fourth-order valence-corrected chi connectivity index (χ4v) is 2.83. The third-order valence-electron chi connectivity index (χ3n) is 4.50. The molecule has 0 unspecified atom stereocenters.